The normalized spacial score (nSPS) is 10.7. The number of amides is 1. The van der Waals surface area contributed by atoms with Gasteiger partial charge in [0.25, 0.3) is 5.91 Å². The number of carbonyl (C=O) groups is 1. The number of halogens is 1. The smallest absolute Gasteiger partial charge is 0.255 e. The Kier molecular flexibility index (Phi) is 4.26. The molecule has 4 heteroatoms. The van der Waals surface area contributed by atoms with Crippen molar-refractivity contribution in [2.75, 3.05) is 11.1 Å². The molecule has 0 aromatic heterocycles. The summed E-state index contributed by atoms with van der Waals surface area (Å²) in [5.41, 5.74) is 8.35. The van der Waals surface area contributed by atoms with E-state index < -0.39 is 5.82 Å². The molecule has 1 amide bonds. The zero-order valence-corrected chi connectivity index (χ0v) is 12.4. The second-order valence-corrected chi connectivity index (χ2v) is 5.41. The molecule has 0 fully saturated rings. The van der Waals surface area contributed by atoms with Gasteiger partial charge in [-0.15, -0.1) is 0 Å². The highest BCUT2D eigenvalue weighted by Gasteiger charge is 2.12. The van der Waals surface area contributed by atoms with Crippen LogP contribution in [0.4, 0.5) is 15.8 Å². The van der Waals surface area contributed by atoms with E-state index in [0.717, 1.165) is 5.56 Å². The summed E-state index contributed by atoms with van der Waals surface area (Å²) in [6, 6.07) is 10.3. The number of nitrogens with two attached hydrogens (primary N) is 1. The van der Waals surface area contributed by atoms with Crippen molar-refractivity contribution in [3.63, 3.8) is 0 Å². The van der Waals surface area contributed by atoms with Crippen molar-refractivity contribution in [3.05, 3.63) is 58.9 Å². The second kappa shape index (κ2) is 5.95. The standard InChI is InChI=1S/C17H19FN2O/c1-10(2)12-5-4-6-14(7-12)20-17(21)13-8-15(18)11(3)16(19)9-13/h4-10H,19H2,1-3H3,(H,20,21). The molecule has 0 saturated heterocycles. The van der Waals surface area contributed by atoms with E-state index in [1.807, 2.05) is 18.2 Å². The summed E-state index contributed by atoms with van der Waals surface area (Å²) in [4.78, 5) is 12.2. The summed E-state index contributed by atoms with van der Waals surface area (Å²) in [5, 5.41) is 2.77. The van der Waals surface area contributed by atoms with Crippen LogP contribution in [0.2, 0.25) is 0 Å². The molecule has 0 bridgehead atoms. The molecule has 3 N–H and O–H groups in total. The van der Waals surface area contributed by atoms with E-state index in [9.17, 15) is 9.18 Å². The Balaban J connectivity index is 2.24. The third-order valence-corrected chi connectivity index (χ3v) is 3.46. The number of nitrogens with one attached hydrogen (secondary N) is 1. The zero-order valence-electron chi connectivity index (χ0n) is 12.4. The van der Waals surface area contributed by atoms with Gasteiger partial charge in [-0.05, 0) is 42.7 Å². The van der Waals surface area contributed by atoms with E-state index in [0.29, 0.717) is 17.2 Å². The molecular formula is C17H19FN2O. The van der Waals surface area contributed by atoms with E-state index in [4.69, 9.17) is 5.73 Å². The first-order valence-corrected chi connectivity index (χ1v) is 6.85. The number of hydrogen-bond donors (Lipinski definition) is 2. The van der Waals surface area contributed by atoms with Crippen molar-refractivity contribution >= 4 is 17.3 Å². The fraction of sp³-hybridized carbons (Fsp3) is 0.235. The Bertz CT molecular complexity index is 657. The molecule has 0 radical (unpaired) electrons. The van der Waals surface area contributed by atoms with Gasteiger partial charge in [-0.1, -0.05) is 26.0 Å². The van der Waals surface area contributed by atoms with Crippen molar-refractivity contribution < 1.29 is 9.18 Å². The van der Waals surface area contributed by atoms with Gasteiger partial charge in [-0.2, -0.15) is 0 Å². The van der Waals surface area contributed by atoms with Crippen molar-refractivity contribution in [1.29, 1.82) is 0 Å². The van der Waals surface area contributed by atoms with E-state index in [2.05, 4.69) is 19.2 Å². The van der Waals surface area contributed by atoms with Gasteiger partial charge in [0.05, 0.1) is 0 Å². The Hall–Kier alpha value is -2.36. The highest BCUT2D eigenvalue weighted by Crippen LogP contribution is 2.21. The van der Waals surface area contributed by atoms with Crippen molar-refractivity contribution in [1.82, 2.24) is 0 Å². The highest BCUT2D eigenvalue weighted by atomic mass is 19.1. The van der Waals surface area contributed by atoms with Crippen LogP contribution >= 0.6 is 0 Å². The first-order valence-electron chi connectivity index (χ1n) is 6.85. The predicted octanol–water partition coefficient (Wildman–Crippen LogP) is 4.09. The Morgan fingerprint density at radius 2 is 1.95 bits per heavy atom. The molecule has 2 aromatic rings. The second-order valence-electron chi connectivity index (χ2n) is 5.41. The predicted molar refractivity (Wildman–Crippen MR) is 84.0 cm³/mol. The minimum atomic E-state index is -0.476. The van der Waals surface area contributed by atoms with Crippen LogP contribution in [0.3, 0.4) is 0 Å². The fourth-order valence-corrected chi connectivity index (χ4v) is 2.01. The van der Waals surface area contributed by atoms with Crippen LogP contribution in [0, 0.1) is 12.7 Å². The van der Waals surface area contributed by atoms with Gasteiger partial charge in [0, 0.05) is 22.5 Å². The Morgan fingerprint density at radius 1 is 1.24 bits per heavy atom. The van der Waals surface area contributed by atoms with Crippen LogP contribution in [-0.2, 0) is 0 Å². The summed E-state index contributed by atoms with van der Waals surface area (Å²) in [6.45, 7) is 5.74. The lowest BCUT2D eigenvalue weighted by Gasteiger charge is -2.11. The molecule has 0 spiro atoms. The lowest BCUT2D eigenvalue weighted by Crippen LogP contribution is -2.13. The van der Waals surface area contributed by atoms with Crippen LogP contribution in [0.25, 0.3) is 0 Å². The maximum absolute atomic E-state index is 13.6. The molecule has 0 aliphatic heterocycles. The summed E-state index contributed by atoms with van der Waals surface area (Å²) < 4.78 is 13.6. The lowest BCUT2D eigenvalue weighted by molar-refractivity contribution is 0.102. The number of nitrogen functional groups attached to an aromatic ring is 1. The summed E-state index contributed by atoms with van der Waals surface area (Å²) in [5.74, 6) is -0.480. The molecule has 2 rings (SSSR count). The number of rotatable bonds is 3. The Labute approximate surface area is 124 Å². The van der Waals surface area contributed by atoms with E-state index >= 15 is 0 Å². The van der Waals surface area contributed by atoms with Crippen LogP contribution in [0.5, 0.6) is 0 Å². The maximum atomic E-state index is 13.6. The first-order chi connectivity index (χ1) is 9.88. The Morgan fingerprint density at radius 3 is 2.57 bits per heavy atom. The van der Waals surface area contributed by atoms with Gasteiger partial charge < -0.3 is 11.1 Å². The quantitative estimate of drug-likeness (QED) is 0.835. The largest absolute Gasteiger partial charge is 0.398 e. The molecule has 21 heavy (non-hydrogen) atoms. The summed E-state index contributed by atoms with van der Waals surface area (Å²) in [7, 11) is 0. The number of carbonyl (C=O) groups excluding carboxylic acids is 1. The SMILES string of the molecule is Cc1c(N)cc(C(=O)Nc2cccc(C(C)C)c2)cc1F. The minimum absolute atomic E-state index is 0.213. The van der Waals surface area contributed by atoms with Gasteiger partial charge >= 0.3 is 0 Å². The van der Waals surface area contributed by atoms with Gasteiger partial charge in [0.15, 0.2) is 0 Å². The van der Waals surface area contributed by atoms with Gasteiger partial charge in [0.1, 0.15) is 5.82 Å². The van der Waals surface area contributed by atoms with Crippen LogP contribution in [-0.4, -0.2) is 5.91 Å². The van der Waals surface area contributed by atoms with Gasteiger partial charge in [0.2, 0.25) is 0 Å². The van der Waals surface area contributed by atoms with Gasteiger partial charge in [-0.25, -0.2) is 4.39 Å². The highest BCUT2D eigenvalue weighted by molar-refractivity contribution is 6.04. The molecular weight excluding hydrogens is 267 g/mol. The van der Waals surface area contributed by atoms with Crippen molar-refractivity contribution in [2.24, 2.45) is 0 Å². The monoisotopic (exact) mass is 286 g/mol. The minimum Gasteiger partial charge on any atom is -0.398 e. The van der Waals surface area contributed by atoms with E-state index in [1.165, 1.54) is 12.1 Å². The average molecular weight is 286 g/mol. The molecule has 0 aliphatic carbocycles. The van der Waals surface area contributed by atoms with E-state index in [-0.39, 0.29) is 17.2 Å². The molecule has 0 atom stereocenters. The molecule has 0 unspecified atom stereocenters. The molecule has 3 nitrogen and oxygen atoms in total. The molecule has 110 valence electrons. The average Bonchev–Trinajstić information content (AvgIpc) is 2.44. The zero-order chi connectivity index (χ0) is 15.6. The molecule has 2 aromatic carbocycles. The number of hydrogen-bond acceptors (Lipinski definition) is 2. The van der Waals surface area contributed by atoms with Crippen LogP contribution < -0.4 is 11.1 Å². The molecule has 0 aliphatic rings. The fourth-order valence-electron chi connectivity index (χ4n) is 2.01. The topological polar surface area (TPSA) is 55.1 Å². The molecule has 0 heterocycles. The summed E-state index contributed by atoms with van der Waals surface area (Å²) in [6.07, 6.45) is 0. The van der Waals surface area contributed by atoms with Crippen molar-refractivity contribution in [3.8, 4) is 0 Å². The third-order valence-electron chi connectivity index (χ3n) is 3.46. The first kappa shape index (κ1) is 15.0. The summed E-state index contributed by atoms with van der Waals surface area (Å²) >= 11 is 0. The van der Waals surface area contributed by atoms with Crippen LogP contribution in [0.1, 0.15) is 41.3 Å². The maximum Gasteiger partial charge on any atom is 0.255 e. The van der Waals surface area contributed by atoms with Crippen LogP contribution in [0.15, 0.2) is 36.4 Å². The van der Waals surface area contributed by atoms with E-state index in [1.54, 1.807) is 13.0 Å². The number of anilines is 2. The molecule has 0 saturated carbocycles. The lowest BCUT2D eigenvalue weighted by atomic mass is 10.0. The number of benzene rings is 2. The van der Waals surface area contributed by atoms with Crippen molar-refractivity contribution in [2.45, 2.75) is 26.7 Å². The van der Waals surface area contributed by atoms with Gasteiger partial charge in [-0.3, -0.25) is 4.79 Å². The third kappa shape index (κ3) is 3.40.